The van der Waals surface area contributed by atoms with Gasteiger partial charge < -0.3 is 10.6 Å². The van der Waals surface area contributed by atoms with Crippen molar-refractivity contribution in [1.29, 1.82) is 0 Å². The molecule has 4 aromatic rings. The summed E-state index contributed by atoms with van der Waals surface area (Å²) in [6.45, 7) is 1.99. The maximum atomic E-state index is 12.6. The fraction of sp³-hybridized carbons (Fsp3) is 0.269. The summed E-state index contributed by atoms with van der Waals surface area (Å²) < 4.78 is 1.85. The zero-order valence-electron chi connectivity index (χ0n) is 18.8. The van der Waals surface area contributed by atoms with Gasteiger partial charge in [0.1, 0.15) is 23.9 Å². The van der Waals surface area contributed by atoms with Gasteiger partial charge in [-0.05, 0) is 68.5 Å². The lowest BCUT2D eigenvalue weighted by atomic mass is 10.0. The molecule has 2 heterocycles. The van der Waals surface area contributed by atoms with E-state index in [1.807, 2.05) is 54.0 Å². The maximum absolute atomic E-state index is 12.6. The predicted octanol–water partition coefficient (Wildman–Crippen LogP) is 3.58. The number of fused-ring (bicyclic) bond motifs is 1. The minimum atomic E-state index is -0.0686. The first-order valence-corrected chi connectivity index (χ1v) is 11.6. The van der Waals surface area contributed by atoms with Crippen LogP contribution in [0.15, 0.2) is 55.1 Å². The number of hydrogen-bond acceptors (Lipinski definition) is 5. The van der Waals surface area contributed by atoms with Gasteiger partial charge in [0.05, 0.1) is 0 Å². The third-order valence-electron chi connectivity index (χ3n) is 6.30. The average Bonchev–Trinajstić information content (AvgIpc) is 3.78. The average molecular weight is 453 g/mol. The van der Waals surface area contributed by atoms with Crippen LogP contribution in [0.1, 0.15) is 52.0 Å². The third kappa shape index (κ3) is 3.91. The molecule has 2 saturated carbocycles. The molecule has 2 fully saturated rings. The van der Waals surface area contributed by atoms with Crippen molar-refractivity contribution in [2.45, 2.75) is 44.7 Å². The van der Waals surface area contributed by atoms with Crippen LogP contribution in [0.4, 0.5) is 0 Å². The van der Waals surface area contributed by atoms with Crippen molar-refractivity contribution in [1.82, 2.24) is 30.2 Å². The first-order chi connectivity index (χ1) is 16.6. The van der Waals surface area contributed by atoms with Crippen LogP contribution in [0.2, 0.25) is 0 Å². The Balaban J connectivity index is 1.38. The lowest BCUT2D eigenvalue weighted by Gasteiger charge is -2.10. The van der Waals surface area contributed by atoms with Gasteiger partial charge in [-0.15, -0.1) is 0 Å². The van der Waals surface area contributed by atoms with Crippen LogP contribution in [0.5, 0.6) is 0 Å². The van der Waals surface area contributed by atoms with E-state index in [9.17, 15) is 9.59 Å². The SMILES string of the molecule is Cc1ccc(C(=O)NC2CC2)cc1-c1ncnc2c1ncn2-c1cccc(C(=O)NC2CC2)c1. The Labute approximate surface area is 196 Å². The topological polar surface area (TPSA) is 102 Å². The molecule has 6 rings (SSSR count). The smallest absolute Gasteiger partial charge is 0.251 e. The monoisotopic (exact) mass is 452 g/mol. The Kier molecular flexibility index (Phi) is 4.86. The molecule has 2 N–H and O–H groups in total. The third-order valence-corrected chi connectivity index (χ3v) is 6.30. The van der Waals surface area contributed by atoms with Gasteiger partial charge in [-0.2, -0.15) is 0 Å². The van der Waals surface area contributed by atoms with Gasteiger partial charge in [-0.3, -0.25) is 14.2 Å². The second-order valence-electron chi connectivity index (χ2n) is 9.08. The first-order valence-electron chi connectivity index (χ1n) is 11.6. The number of hydrogen-bond donors (Lipinski definition) is 2. The Morgan fingerprint density at radius 2 is 1.59 bits per heavy atom. The van der Waals surface area contributed by atoms with E-state index in [-0.39, 0.29) is 11.8 Å². The summed E-state index contributed by atoms with van der Waals surface area (Å²) in [6.07, 6.45) is 7.37. The van der Waals surface area contributed by atoms with Gasteiger partial charge in [0.15, 0.2) is 5.65 Å². The van der Waals surface area contributed by atoms with E-state index in [0.29, 0.717) is 40.1 Å². The van der Waals surface area contributed by atoms with E-state index < -0.39 is 0 Å². The summed E-state index contributed by atoms with van der Waals surface area (Å²) in [6, 6.07) is 13.7. The number of nitrogens with zero attached hydrogens (tertiary/aromatic N) is 4. The molecule has 0 spiro atoms. The quantitative estimate of drug-likeness (QED) is 0.466. The zero-order valence-corrected chi connectivity index (χ0v) is 18.8. The highest BCUT2D eigenvalue weighted by atomic mass is 16.2. The van der Waals surface area contributed by atoms with Crippen LogP contribution in [-0.2, 0) is 0 Å². The van der Waals surface area contributed by atoms with Crippen LogP contribution in [0.3, 0.4) is 0 Å². The molecule has 34 heavy (non-hydrogen) atoms. The largest absolute Gasteiger partial charge is 0.349 e. The maximum Gasteiger partial charge on any atom is 0.251 e. The molecule has 2 aliphatic rings. The summed E-state index contributed by atoms with van der Waals surface area (Å²) in [5.41, 5.74) is 5.79. The zero-order chi connectivity index (χ0) is 23.2. The van der Waals surface area contributed by atoms with Crippen molar-refractivity contribution in [2.75, 3.05) is 0 Å². The van der Waals surface area contributed by atoms with E-state index in [0.717, 1.165) is 42.5 Å². The number of carbonyl (C=O) groups is 2. The number of aryl methyl sites for hydroxylation is 1. The molecule has 0 saturated heterocycles. The molecule has 170 valence electrons. The minimum Gasteiger partial charge on any atom is -0.349 e. The summed E-state index contributed by atoms with van der Waals surface area (Å²) >= 11 is 0. The molecule has 8 heteroatoms. The first kappa shape index (κ1) is 20.5. The van der Waals surface area contributed by atoms with Crippen molar-refractivity contribution in [3.8, 4) is 16.9 Å². The standard InChI is InChI=1S/C26H24N6O2/c1-15-5-6-17(26(34)31-19-9-10-19)12-21(15)22-23-24(28-13-27-22)32(14-29-23)20-4-2-3-16(11-20)25(33)30-18-7-8-18/h2-6,11-14,18-19H,7-10H2,1H3,(H,30,33)(H,31,34). The molecule has 2 aliphatic carbocycles. The molecule has 0 unspecified atom stereocenters. The normalized spacial score (nSPS) is 15.3. The minimum absolute atomic E-state index is 0.0685. The van der Waals surface area contributed by atoms with E-state index in [2.05, 4.69) is 25.6 Å². The van der Waals surface area contributed by atoms with E-state index in [1.54, 1.807) is 6.33 Å². The predicted molar refractivity (Wildman–Crippen MR) is 128 cm³/mol. The molecule has 0 atom stereocenters. The highest BCUT2D eigenvalue weighted by molar-refractivity contribution is 5.98. The van der Waals surface area contributed by atoms with Crippen molar-refractivity contribution in [2.24, 2.45) is 0 Å². The summed E-state index contributed by atoms with van der Waals surface area (Å²) in [5, 5.41) is 6.06. The van der Waals surface area contributed by atoms with Gasteiger partial charge in [-0.25, -0.2) is 15.0 Å². The van der Waals surface area contributed by atoms with Crippen LogP contribution in [-0.4, -0.2) is 43.4 Å². The molecule has 0 bridgehead atoms. The number of rotatable bonds is 6. The number of nitrogens with one attached hydrogen (secondary N) is 2. The van der Waals surface area contributed by atoms with E-state index in [4.69, 9.17) is 0 Å². The van der Waals surface area contributed by atoms with E-state index >= 15 is 0 Å². The van der Waals surface area contributed by atoms with Crippen LogP contribution < -0.4 is 10.6 Å². The number of aromatic nitrogens is 4. The summed E-state index contributed by atoms with van der Waals surface area (Å²) in [7, 11) is 0. The lowest BCUT2D eigenvalue weighted by Crippen LogP contribution is -2.25. The lowest BCUT2D eigenvalue weighted by molar-refractivity contribution is 0.0942. The van der Waals surface area contributed by atoms with E-state index in [1.165, 1.54) is 6.33 Å². The van der Waals surface area contributed by atoms with Crippen LogP contribution >= 0.6 is 0 Å². The summed E-state index contributed by atoms with van der Waals surface area (Å²) in [4.78, 5) is 38.7. The number of carbonyl (C=O) groups excluding carboxylic acids is 2. The number of amides is 2. The molecule has 2 amide bonds. The fourth-order valence-electron chi connectivity index (χ4n) is 4.03. The van der Waals surface area contributed by atoms with Gasteiger partial charge in [0, 0.05) is 34.5 Å². The highest BCUT2D eigenvalue weighted by Crippen LogP contribution is 2.30. The molecular formula is C26H24N6O2. The second-order valence-corrected chi connectivity index (χ2v) is 9.08. The van der Waals surface area contributed by atoms with Gasteiger partial charge >= 0.3 is 0 Å². The van der Waals surface area contributed by atoms with Crippen molar-refractivity contribution in [3.63, 3.8) is 0 Å². The molecule has 0 radical (unpaired) electrons. The van der Waals surface area contributed by atoms with Crippen molar-refractivity contribution >= 4 is 23.0 Å². The van der Waals surface area contributed by atoms with Crippen LogP contribution in [0.25, 0.3) is 28.1 Å². The Bertz CT molecular complexity index is 1430. The van der Waals surface area contributed by atoms with Crippen molar-refractivity contribution < 1.29 is 9.59 Å². The molecule has 8 nitrogen and oxygen atoms in total. The molecule has 2 aromatic carbocycles. The van der Waals surface area contributed by atoms with Gasteiger partial charge in [0.2, 0.25) is 0 Å². The number of benzene rings is 2. The Morgan fingerprint density at radius 1 is 0.882 bits per heavy atom. The molecular weight excluding hydrogens is 428 g/mol. The molecule has 2 aromatic heterocycles. The highest BCUT2D eigenvalue weighted by Gasteiger charge is 2.25. The fourth-order valence-corrected chi connectivity index (χ4v) is 4.03. The number of imidazole rings is 1. The Hall–Kier alpha value is -4.07. The second kappa shape index (κ2) is 8.06. The molecule has 0 aliphatic heterocycles. The summed E-state index contributed by atoms with van der Waals surface area (Å²) in [5.74, 6) is -0.137. The Morgan fingerprint density at radius 3 is 2.29 bits per heavy atom. The van der Waals surface area contributed by atoms with Gasteiger partial charge in [-0.1, -0.05) is 12.1 Å². The van der Waals surface area contributed by atoms with Crippen LogP contribution in [0, 0.1) is 6.92 Å². The van der Waals surface area contributed by atoms with Gasteiger partial charge in [0.25, 0.3) is 11.8 Å². The van der Waals surface area contributed by atoms with Crippen molar-refractivity contribution in [3.05, 3.63) is 71.8 Å².